The van der Waals surface area contributed by atoms with Gasteiger partial charge in [0.15, 0.2) is 0 Å². The lowest BCUT2D eigenvalue weighted by atomic mass is 9.77. The Morgan fingerprint density at radius 3 is 1.97 bits per heavy atom. The Kier molecular flexibility index (Phi) is 6.99. The summed E-state index contributed by atoms with van der Waals surface area (Å²) in [6, 6.07) is 12.5. The number of amides is 4. The lowest BCUT2D eigenvalue weighted by molar-refractivity contribution is -0.135. The molecule has 8 heteroatoms. The van der Waals surface area contributed by atoms with Gasteiger partial charge in [-0.3, -0.25) is 29.0 Å². The highest BCUT2D eigenvalue weighted by Gasteiger charge is 2.45. The highest BCUT2D eigenvalue weighted by Crippen LogP contribution is 2.36. The maximum Gasteiger partial charge on any atom is 0.260 e. The lowest BCUT2D eigenvalue weighted by Gasteiger charge is -2.38. The van der Waals surface area contributed by atoms with Crippen LogP contribution in [0.15, 0.2) is 42.5 Å². The molecule has 2 aliphatic rings. The van der Waals surface area contributed by atoms with Crippen molar-refractivity contribution in [1.82, 2.24) is 14.7 Å². The molecule has 2 aliphatic heterocycles. The van der Waals surface area contributed by atoms with E-state index < -0.39 is 10.8 Å². The molecule has 2 aromatic carbocycles. The lowest BCUT2D eigenvalue weighted by Crippen LogP contribution is -2.53. The van der Waals surface area contributed by atoms with Crippen LogP contribution in [-0.4, -0.2) is 78.7 Å². The van der Waals surface area contributed by atoms with E-state index in [0.29, 0.717) is 48.5 Å². The van der Waals surface area contributed by atoms with Crippen LogP contribution in [0.25, 0.3) is 0 Å². The molecule has 4 amide bonds. The van der Waals surface area contributed by atoms with E-state index in [4.69, 9.17) is 4.74 Å². The van der Waals surface area contributed by atoms with Crippen molar-refractivity contribution < 1.29 is 23.9 Å². The molecule has 0 unspecified atom stereocenters. The van der Waals surface area contributed by atoms with Crippen molar-refractivity contribution in [3.63, 3.8) is 0 Å². The summed E-state index contributed by atoms with van der Waals surface area (Å²) in [7, 11) is 3.45. The zero-order valence-corrected chi connectivity index (χ0v) is 22.5. The molecule has 8 nitrogen and oxygen atoms in total. The first-order valence-corrected chi connectivity index (χ1v) is 12.6. The number of fused-ring (bicyclic) bond motifs is 2. The minimum absolute atomic E-state index is 0.195. The van der Waals surface area contributed by atoms with Crippen LogP contribution in [0.3, 0.4) is 0 Å². The molecule has 0 aliphatic carbocycles. The first-order valence-electron chi connectivity index (χ1n) is 12.6. The van der Waals surface area contributed by atoms with Crippen molar-refractivity contribution in [2.45, 2.75) is 44.9 Å². The third-order valence-electron chi connectivity index (χ3n) is 7.64. The minimum Gasteiger partial charge on any atom is -0.497 e. The molecule has 0 radical (unpaired) electrons. The molecule has 196 valence electrons. The number of ether oxygens (including phenoxy) is 1. The standard InChI is InChI=1S/C29H35N3O5/c1-28(2)22-11-8-7-10-20(22)24(33)31(26(28)35)15-9-14-30(5)16-17-32-25(34)21-18-19(37-6)12-13-23(21)29(3,4)27(32)36/h7-8,10-13,18H,9,14-17H2,1-6H3. The highest BCUT2D eigenvalue weighted by molar-refractivity contribution is 6.13. The van der Waals surface area contributed by atoms with Crippen molar-refractivity contribution in [2.24, 2.45) is 0 Å². The van der Waals surface area contributed by atoms with Gasteiger partial charge in [-0.05, 0) is 77.0 Å². The molecule has 0 saturated heterocycles. The number of carbonyl (C=O) groups is 4. The molecular weight excluding hydrogens is 470 g/mol. The van der Waals surface area contributed by atoms with Gasteiger partial charge in [0, 0.05) is 30.8 Å². The maximum atomic E-state index is 13.2. The number of carbonyl (C=O) groups excluding carboxylic acids is 4. The van der Waals surface area contributed by atoms with Crippen LogP contribution >= 0.6 is 0 Å². The first kappa shape index (κ1) is 26.5. The molecular formula is C29H35N3O5. The third kappa shape index (κ3) is 4.55. The average Bonchev–Trinajstić information content (AvgIpc) is 2.88. The van der Waals surface area contributed by atoms with E-state index >= 15 is 0 Å². The molecule has 0 N–H and O–H groups in total. The summed E-state index contributed by atoms with van der Waals surface area (Å²) in [5, 5.41) is 0. The van der Waals surface area contributed by atoms with Gasteiger partial charge in [0.25, 0.3) is 11.8 Å². The van der Waals surface area contributed by atoms with Crippen LogP contribution in [0, 0.1) is 0 Å². The minimum atomic E-state index is -0.827. The van der Waals surface area contributed by atoms with Crippen LogP contribution < -0.4 is 4.74 Å². The number of benzene rings is 2. The Morgan fingerprint density at radius 1 is 0.757 bits per heavy atom. The SMILES string of the molecule is COc1ccc2c(c1)C(=O)N(CCN(C)CCCN1C(=O)c3ccccc3C(C)(C)C1=O)C(=O)C2(C)C. The molecule has 0 aromatic heterocycles. The number of imide groups is 2. The normalized spacial score (nSPS) is 18.2. The summed E-state index contributed by atoms with van der Waals surface area (Å²) in [5.41, 5.74) is 0.923. The van der Waals surface area contributed by atoms with E-state index in [2.05, 4.69) is 0 Å². The second-order valence-corrected chi connectivity index (χ2v) is 10.9. The summed E-state index contributed by atoms with van der Waals surface area (Å²) in [5.74, 6) is -0.434. The van der Waals surface area contributed by atoms with Crippen LogP contribution in [0.2, 0.25) is 0 Å². The molecule has 0 fully saturated rings. The Morgan fingerprint density at radius 2 is 1.32 bits per heavy atom. The molecule has 0 bridgehead atoms. The van der Waals surface area contributed by atoms with Gasteiger partial charge in [0.05, 0.1) is 17.9 Å². The Bertz CT molecular complexity index is 1270. The Balaban J connectivity index is 1.37. The van der Waals surface area contributed by atoms with Crippen molar-refractivity contribution in [3.8, 4) is 5.75 Å². The number of hydrogen-bond acceptors (Lipinski definition) is 6. The number of methoxy groups -OCH3 is 1. The first-order chi connectivity index (χ1) is 17.4. The molecule has 4 rings (SSSR count). The van der Waals surface area contributed by atoms with Gasteiger partial charge in [-0.25, -0.2) is 0 Å². The summed E-state index contributed by atoms with van der Waals surface area (Å²) in [6.07, 6.45) is 0.583. The van der Waals surface area contributed by atoms with Crippen LogP contribution in [0.5, 0.6) is 5.75 Å². The second-order valence-electron chi connectivity index (χ2n) is 10.9. The zero-order valence-electron chi connectivity index (χ0n) is 22.5. The number of nitrogens with zero attached hydrogens (tertiary/aromatic N) is 3. The Labute approximate surface area is 218 Å². The summed E-state index contributed by atoms with van der Waals surface area (Å²) >= 11 is 0. The van der Waals surface area contributed by atoms with E-state index in [1.807, 2.05) is 57.8 Å². The fourth-order valence-corrected chi connectivity index (χ4v) is 5.25. The fraction of sp³-hybridized carbons (Fsp3) is 0.448. The summed E-state index contributed by atoms with van der Waals surface area (Å²) < 4.78 is 5.28. The highest BCUT2D eigenvalue weighted by atomic mass is 16.5. The fourth-order valence-electron chi connectivity index (χ4n) is 5.25. The van der Waals surface area contributed by atoms with Gasteiger partial charge in [0.1, 0.15) is 5.75 Å². The second kappa shape index (κ2) is 9.74. The van der Waals surface area contributed by atoms with Gasteiger partial charge in [-0.1, -0.05) is 24.3 Å². The van der Waals surface area contributed by atoms with Crippen molar-refractivity contribution >= 4 is 23.6 Å². The van der Waals surface area contributed by atoms with Crippen LogP contribution in [0.4, 0.5) is 0 Å². The predicted molar refractivity (Wildman–Crippen MR) is 140 cm³/mol. The molecule has 2 heterocycles. The molecule has 0 spiro atoms. The van der Waals surface area contributed by atoms with E-state index in [1.54, 1.807) is 31.4 Å². The molecule has 0 atom stereocenters. The average molecular weight is 506 g/mol. The van der Waals surface area contributed by atoms with Crippen molar-refractivity contribution in [3.05, 3.63) is 64.7 Å². The summed E-state index contributed by atoms with van der Waals surface area (Å²) in [6.45, 7) is 8.99. The Hall–Kier alpha value is -3.52. The summed E-state index contributed by atoms with van der Waals surface area (Å²) in [4.78, 5) is 57.2. The van der Waals surface area contributed by atoms with Crippen molar-refractivity contribution in [2.75, 3.05) is 40.3 Å². The van der Waals surface area contributed by atoms with Gasteiger partial charge in [-0.2, -0.15) is 0 Å². The van der Waals surface area contributed by atoms with Gasteiger partial charge in [-0.15, -0.1) is 0 Å². The van der Waals surface area contributed by atoms with E-state index in [9.17, 15) is 19.2 Å². The van der Waals surface area contributed by atoms with E-state index in [0.717, 1.165) is 5.56 Å². The predicted octanol–water partition coefficient (Wildman–Crippen LogP) is 3.24. The quantitative estimate of drug-likeness (QED) is 0.512. The molecule has 2 aromatic rings. The van der Waals surface area contributed by atoms with Crippen LogP contribution in [0.1, 0.15) is 66.0 Å². The topological polar surface area (TPSA) is 87.2 Å². The smallest absolute Gasteiger partial charge is 0.260 e. The van der Waals surface area contributed by atoms with E-state index in [-0.39, 0.29) is 30.2 Å². The van der Waals surface area contributed by atoms with Crippen LogP contribution in [-0.2, 0) is 20.4 Å². The van der Waals surface area contributed by atoms with Gasteiger partial charge in [0.2, 0.25) is 11.8 Å². The van der Waals surface area contributed by atoms with Crippen molar-refractivity contribution in [1.29, 1.82) is 0 Å². The zero-order chi connectivity index (χ0) is 27.1. The maximum absolute atomic E-state index is 13.2. The number of likely N-dealkylation sites (N-methyl/N-ethyl adjacent to an activating group) is 1. The van der Waals surface area contributed by atoms with Gasteiger partial charge >= 0.3 is 0 Å². The number of hydrogen-bond donors (Lipinski definition) is 0. The largest absolute Gasteiger partial charge is 0.497 e. The van der Waals surface area contributed by atoms with E-state index in [1.165, 1.54) is 9.80 Å². The molecule has 0 saturated carbocycles. The number of rotatable bonds is 8. The monoisotopic (exact) mass is 505 g/mol. The molecule has 37 heavy (non-hydrogen) atoms. The van der Waals surface area contributed by atoms with Gasteiger partial charge < -0.3 is 9.64 Å². The third-order valence-corrected chi connectivity index (χ3v) is 7.64.